The molecule has 1 aromatic heterocycles. The number of para-hydroxylation sites is 4. The van der Waals surface area contributed by atoms with E-state index in [2.05, 4.69) is 22.4 Å². The van der Waals surface area contributed by atoms with Gasteiger partial charge >= 0.3 is 0 Å². The molecular weight excluding hydrogens is 679 g/mol. The number of unbranched alkanes of at least 4 members (excludes halogenated alkanes) is 11. The largest absolute Gasteiger partial charge is 0.506 e. The quantitative estimate of drug-likeness (QED) is 0.0782. The van der Waals surface area contributed by atoms with Crippen LogP contribution in [0.15, 0.2) is 125 Å². The van der Waals surface area contributed by atoms with Gasteiger partial charge in [0.25, 0.3) is 5.91 Å². The average Bonchev–Trinajstić information content (AvgIpc) is 3.67. The molecule has 0 aliphatic carbocycles. The van der Waals surface area contributed by atoms with Gasteiger partial charge in [-0.05, 0) is 76.5 Å². The van der Waals surface area contributed by atoms with Crippen LogP contribution in [-0.2, 0) is 0 Å². The fourth-order valence-corrected chi connectivity index (χ4v) is 7.57. The number of carbonyl (C=O) groups excluding carboxylic acids is 1. The number of aromatic nitrogens is 4. The highest BCUT2D eigenvalue weighted by atomic mass is 32.2. The highest BCUT2D eigenvalue weighted by molar-refractivity contribution is 7.99. The first-order chi connectivity index (χ1) is 26.2. The van der Waals surface area contributed by atoms with Crippen molar-refractivity contribution >= 4 is 39.8 Å². The summed E-state index contributed by atoms with van der Waals surface area (Å²) in [5.41, 5.74) is 2.24. The van der Waals surface area contributed by atoms with Gasteiger partial charge in [-0.25, -0.2) is 0 Å². The number of rotatable bonds is 20. The maximum atomic E-state index is 14.9. The van der Waals surface area contributed by atoms with Gasteiger partial charge in [-0.3, -0.25) is 9.69 Å². The molecule has 274 valence electrons. The molecule has 9 heteroatoms. The Bertz CT molecular complexity index is 2040. The summed E-state index contributed by atoms with van der Waals surface area (Å²) in [5.74, 6) is 0.142. The van der Waals surface area contributed by atoms with Crippen molar-refractivity contribution in [2.24, 2.45) is 0 Å². The molecule has 53 heavy (non-hydrogen) atoms. The van der Waals surface area contributed by atoms with Gasteiger partial charge in [0.1, 0.15) is 11.5 Å². The maximum absolute atomic E-state index is 14.9. The van der Waals surface area contributed by atoms with Crippen LogP contribution in [0.2, 0.25) is 0 Å². The molecule has 0 saturated carbocycles. The van der Waals surface area contributed by atoms with E-state index in [-0.39, 0.29) is 17.2 Å². The number of fused-ring (bicyclic) bond motifs is 1. The third-order valence-corrected chi connectivity index (χ3v) is 10.4. The summed E-state index contributed by atoms with van der Waals surface area (Å²) < 4.78 is 8.04. The monoisotopic (exact) mass is 727 g/mol. The minimum atomic E-state index is -0.384. The van der Waals surface area contributed by atoms with E-state index in [9.17, 15) is 9.90 Å². The van der Waals surface area contributed by atoms with E-state index in [1.54, 1.807) is 15.6 Å². The lowest BCUT2D eigenvalue weighted by molar-refractivity contribution is 0.0996. The Kier molecular flexibility index (Phi) is 13.9. The second kappa shape index (κ2) is 19.6. The number of phenolic OH excluding ortho intramolecular Hbond substituents is 1. The van der Waals surface area contributed by atoms with E-state index >= 15 is 0 Å². The first-order valence-corrected chi connectivity index (χ1v) is 19.8. The fraction of sp³-hybridized carbons (Fsp3) is 0.318. The van der Waals surface area contributed by atoms with Crippen molar-refractivity contribution in [2.75, 3.05) is 11.5 Å². The SMILES string of the molecule is CCCCCCCCCCCCCCOc1ccccc1N(C(=O)c1cc(Sc2nnnn2-c2ccccc2)c2ccccc2c1O)c1ccccc1. The van der Waals surface area contributed by atoms with Crippen LogP contribution in [0, 0.1) is 0 Å². The first-order valence-electron chi connectivity index (χ1n) is 19.0. The number of tetrazole rings is 1. The number of aromatic hydroxyl groups is 1. The molecule has 0 aliphatic rings. The molecular formula is C44H49N5O3S. The number of hydrogen-bond acceptors (Lipinski definition) is 7. The number of ether oxygens (including phenoxy) is 1. The second-order valence-corrected chi connectivity index (χ2v) is 14.3. The molecule has 1 heterocycles. The smallest absolute Gasteiger partial charge is 0.266 e. The Hall–Kier alpha value is -5.15. The van der Waals surface area contributed by atoms with Gasteiger partial charge in [0, 0.05) is 16.0 Å². The lowest BCUT2D eigenvalue weighted by Crippen LogP contribution is -2.26. The fourth-order valence-electron chi connectivity index (χ4n) is 6.60. The molecule has 1 amide bonds. The average molecular weight is 728 g/mol. The van der Waals surface area contributed by atoms with E-state index in [0.717, 1.165) is 28.8 Å². The minimum absolute atomic E-state index is 0.0894. The van der Waals surface area contributed by atoms with Gasteiger partial charge in [0.15, 0.2) is 0 Å². The third kappa shape index (κ3) is 9.84. The number of amides is 1. The van der Waals surface area contributed by atoms with Crippen LogP contribution in [0.25, 0.3) is 16.5 Å². The van der Waals surface area contributed by atoms with Gasteiger partial charge in [-0.2, -0.15) is 4.68 Å². The molecule has 0 aliphatic heterocycles. The van der Waals surface area contributed by atoms with Crippen LogP contribution in [0.5, 0.6) is 11.5 Å². The van der Waals surface area contributed by atoms with Gasteiger partial charge in [0.05, 0.1) is 23.5 Å². The molecule has 0 unspecified atom stereocenters. The molecule has 0 spiro atoms. The van der Waals surface area contributed by atoms with Crippen LogP contribution in [0.4, 0.5) is 11.4 Å². The molecule has 0 atom stereocenters. The van der Waals surface area contributed by atoms with Crippen molar-refractivity contribution in [3.8, 4) is 17.2 Å². The molecule has 0 saturated heterocycles. The minimum Gasteiger partial charge on any atom is -0.506 e. The lowest BCUT2D eigenvalue weighted by atomic mass is 10.0. The number of nitrogens with zero attached hydrogens (tertiary/aromatic N) is 5. The number of carbonyl (C=O) groups is 1. The Labute approximate surface area is 317 Å². The number of phenols is 1. The zero-order valence-electron chi connectivity index (χ0n) is 30.6. The van der Waals surface area contributed by atoms with Crippen molar-refractivity contribution < 1.29 is 14.6 Å². The summed E-state index contributed by atoms with van der Waals surface area (Å²) in [4.78, 5) is 17.2. The molecule has 0 fully saturated rings. The molecule has 1 N–H and O–H groups in total. The Morgan fingerprint density at radius 2 is 1.30 bits per heavy atom. The van der Waals surface area contributed by atoms with Gasteiger partial charge in [0.2, 0.25) is 5.16 Å². The third-order valence-electron chi connectivity index (χ3n) is 9.43. The molecule has 6 aromatic rings. The molecule has 0 bridgehead atoms. The van der Waals surface area contributed by atoms with Crippen molar-refractivity contribution in [3.05, 3.63) is 121 Å². The number of hydrogen-bond donors (Lipinski definition) is 1. The molecule has 5 aromatic carbocycles. The summed E-state index contributed by atoms with van der Waals surface area (Å²) in [5, 5.41) is 26.0. The Morgan fingerprint density at radius 3 is 2.00 bits per heavy atom. The Morgan fingerprint density at radius 1 is 0.717 bits per heavy atom. The molecule has 6 rings (SSSR count). The van der Waals surface area contributed by atoms with Gasteiger partial charge in [-0.1, -0.05) is 150 Å². The maximum Gasteiger partial charge on any atom is 0.266 e. The van der Waals surface area contributed by atoms with Crippen LogP contribution in [-0.4, -0.2) is 37.8 Å². The zero-order valence-corrected chi connectivity index (χ0v) is 31.4. The second-order valence-electron chi connectivity index (χ2n) is 13.3. The number of benzene rings is 5. The zero-order chi connectivity index (χ0) is 36.7. The highest BCUT2D eigenvalue weighted by Crippen LogP contribution is 2.42. The first kappa shape index (κ1) is 37.6. The summed E-state index contributed by atoms with van der Waals surface area (Å²) in [6.45, 7) is 2.82. The Balaban J connectivity index is 1.20. The standard InChI is InChI=1S/C44H49N5O3S/c1-2-3-4-5-6-7-8-9-10-11-12-23-32-52-40-31-22-21-30-39(40)48(34-24-15-13-16-25-34)43(51)38-33-41(36-28-19-20-29-37(36)42(38)50)53-44-45-46-47-49(44)35-26-17-14-18-27-35/h13-22,24-31,33,50H,2-12,23,32H2,1H3. The normalized spacial score (nSPS) is 11.2. The van der Waals surface area contributed by atoms with Crippen molar-refractivity contribution in [1.82, 2.24) is 20.2 Å². The molecule has 0 radical (unpaired) electrons. The lowest BCUT2D eigenvalue weighted by Gasteiger charge is -2.26. The van der Waals surface area contributed by atoms with Crippen LogP contribution in [0.3, 0.4) is 0 Å². The van der Waals surface area contributed by atoms with Crippen molar-refractivity contribution in [2.45, 2.75) is 94.0 Å². The van der Waals surface area contributed by atoms with E-state index in [4.69, 9.17) is 4.74 Å². The summed E-state index contributed by atoms with van der Waals surface area (Å²) >= 11 is 1.34. The van der Waals surface area contributed by atoms with Crippen molar-refractivity contribution in [1.29, 1.82) is 0 Å². The topological polar surface area (TPSA) is 93.4 Å². The van der Waals surface area contributed by atoms with Crippen LogP contribution >= 0.6 is 11.8 Å². The predicted octanol–water partition coefficient (Wildman–Crippen LogP) is 11.7. The van der Waals surface area contributed by atoms with Gasteiger partial charge in [-0.15, -0.1) is 5.10 Å². The molecule has 8 nitrogen and oxygen atoms in total. The predicted molar refractivity (Wildman–Crippen MR) is 215 cm³/mol. The van der Waals surface area contributed by atoms with Crippen molar-refractivity contribution in [3.63, 3.8) is 0 Å². The highest BCUT2D eigenvalue weighted by Gasteiger charge is 2.27. The van der Waals surface area contributed by atoms with E-state index in [0.29, 0.717) is 34.3 Å². The number of anilines is 2. The summed E-state index contributed by atoms with van der Waals surface area (Å²) in [7, 11) is 0. The summed E-state index contributed by atoms with van der Waals surface area (Å²) in [6, 6.07) is 36.0. The van der Waals surface area contributed by atoms with E-state index in [1.807, 2.05) is 109 Å². The van der Waals surface area contributed by atoms with Gasteiger partial charge < -0.3 is 9.84 Å². The summed E-state index contributed by atoms with van der Waals surface area (Å²) in [6.07, 6.45) is 15.3. The van der Waals surface area contributed by atoms with Crippen LogP contribution < -0.4 is 9.64 Å². The van der Waals surface area contributed by atoms with E-state index in [1.165, 1.54) is 76.0 Å². The van der Waals surface area contributed by atoms with E-state index < -0.39 is 0 Å². The van der Waals surface area contributed by atoms with Crippen LogP contribution in [0.1, 0.15) is 94.3 Å².